The number of hydrogen-bond acceptors (Lipinski definition) is 8. The Hall–Kier alpha value is -4.25. The highest BCUT2D eigenvalue weighted by atomic mass is 35.5. The first-order chi connectivity index (χ1) is 16.9. The van der Waals surface area contributed by atoms with Crippen LogP contribution in [0.1, 0.15) is 19.2 Å². The predicted octanol–water partition coefficient (Wildman–Crippen LogP) is 2.70. The Balaban J connectivity index is 1.55. The van der Waals surface area contributed by atoms with Crippen LogP contribution in [0.25, 0.3) is 17.2 Å². The molecule has 11 nitrogen and oxygen atoms in total. The summed E-state index contributed by atoms with van der Waals surface area (Å²) in [5.74, 6) is 0.202. The van der Waals surface area contributed by atoms with Gasteiger partial charge in [-0.05, 0) is 37.3 Å². The zero-order valence-electron chi connectivity index (χ0n) is 18.9. The first kappa shape index (κ1) is 23.9. The van der Waals surface area contributed by atoms with Crippen LogP contribution >= 0.6 is 11.6 Å². The molecule has 2 heterocycles. The molecule has 35 heavy (non-hydrogen) atoms. The van der Waals surface area contributed by atoms with Gasteiger partial charge in [0.05, 0.1) is 18.5 Å². The number of rotatable bonds is 8. The van der Waals surface area contributed by atoms with Crippen molar-refractivity contribution in [2.24, 2.45) is 0 Å². The number of para-hydroxylation sites is 1. The third kappa shape index (κ3) is 5.14. The van der Waals surface area contributed by atoms with Crippen molar-refractivity contribution in [3.05, 3.63) is 80.3 Å². The van der Waals surface area contributed by atoms with E-state index in [-0.39, 0.29) is 42.7 Å². The normalized spacial score (nSPS) is 10.8. The summed E-state index contributed by atoms with van der Waals surface area (Å²) in [6, 6.07) is 13.6. The molecule has 0 fully saturated rings. The number of ether oxygens (including phenoxy) is 1. The van der Waals surface area contributed by atoms with E-state index < -0.39 is 11.2 Å². The Morgan fingerprint density at radius 1 is 1.17 bits per heavy atom. The number of aromatic nitrogens is 5. The van der Waals surface area contributed by atoms with Crippen molar-refractivity contribution < 1.29 is 14.1 Å². The van der Waals surface area contributed by atoms with Gasteiger partial charge >= 0.3 is 5.69 Å². The van der Waals surface area contributed by atoms with Gasteiger partial charge in [-0.1, -0.05) is 35.0 Å². The molecule has 0 unspecified atom stereocenters. The van der Waals surface area contributed by atoms with Crippen molar-refractivity contribution in [1.29, 1.82) is 0 Å². The second-order valence-corrected chi connectivity index (χ2v) is 7.77. The van der Waals surface area contributed by atoms with Gasteiger partial charge in [0, 0.05) is 24.4 Å². The number of methoxy groups -OCH3 is 1. The lowest BCUT2D eigenvalue weighted by Gasteiger charge is -2.10. The highest BCUT2D eigenvalue weighted by molar-refractivity contribution is 6.31. The standard InChI is InChI=1S/C23H21ClN6O5/c1-3-29-22(32)20(27-30(23(29)33)15-7-5-4-6-8-15)21-26-19(35-28-21)12-11-18(31)25-16-13-14(24)9-10-17(16)34-2/h4-10,13H,3,11-12H2,1-2H3,(H,25,31). The molecule has 2 aromatic heterocycles. The molecule has 2 aromatic carbocycles. The van der Waals surface area contributed by atoms with Crippen molar-refractivity contribution >= 4 is 23.2 Å². The van der Waals surface area contributed by atoms with Crippen molar-refractivity contribution in [3.63, 3.8) is 0 Å². The van der Waals surface area contributed by atoms with E-state index in [1.54, 1.807) is 55.5 Å². The summed E-state index contributed by atoms with van der Waals surface area (Å²) in [4.78, 5) is 42.2. The molecular formula is C23H21ClN6O5. The maximum absolute atomic E-state index is 12.8. The van der Waals surface area contributed by atoms with Gasteiger partial charge in [-0.15, -0.1) is 0 Å². The van der Waals surface area contributed by atoms with Crippen LogP contribution in [0.5, 0.6) is 5.75 Å². The number of carbonyl (C=O) groups is 1. The SMILES string of the molecule is CCn1c(=O)c(-c2noc(CCC(=O)Nc3cc(Cl)ccc3OC)n2)nn(-c2ccccc2)c1=O. The Kier molecular flexibility index (Phi) is 7.06. The number of anilines is 1. The molecule has 0 spiro atoms. The lowest BCUT2D eigenvalue weighted by Crippen LogP contribution is -2.41. The van der Waals surface area contributed by atoms with Crippen LogP contribution in [-0.4, -0.2) is 37.5 Å². The molecule has 12 heteroatoms. The fourth-order valence-electron chi connectivity index (χ4n) is 3.33. The highest BCUT2D eigenvalue weighted by Gasteiger charge is 2.20. The van der Waals surface area contributed by atoms with Gasteiger partial charge in [-0.25, -0.2) is 4.79 Å². The zero-order chi connectivity index (χ0) is 24.9. The summed E-state index contributed by atoms with van der Waals surface area (Å²) < 4.78 is 12.6. The minimum absolute atomic E-state index is 0.0213. The molecule has 180 valence electrons. The van der Waals surface area contributed by atoms with Crippen molar-refractivity contribution in [2.45, 2.75) is 26.3 Å². The van der Waals surface area contributed by atoms with E-state index in [0.717, 1.165) is 9.25 Å². The summed E-state index contributed by atoms with van der Waals surface area (Å²) in [6.07, 6.45) is 0.134. The predicted molar refractivity (Wildman–Crippen MR) is 128 cm³/mol. The highest BCUT2D eigenvalue weighted by Crippen LogP contribution is 2.27. The van der Waals surface area contributed by atoms with Crippen molar-refractivity contribution in [2.75, 3.05) is 12.4 Å². The van der Waals surface area contributed by atoms with Crippen molar-refractivity contribution in [3.8, 4) is 23.0 Å². The second kappa shape index (κ2) is 10.3. The van der Waals surface area contributed by atoms with E-state index in [9.17, 15) is 14.4 Å². The largest absolute Gasteiger partial charge is 0.495 e. The number of benzene rings is 2. The van der Waals surface area contributed by atoms with Crippen LogP contribution in [0, 0.1) is 0 Å². The Morgan fingerprint density at radius 2 is 1.94 bits per heavy atom. The minimum Gasteiger partial charge on any atom is -0.495 e. The Bertz CT molecular complexity index is 1480. The number of carbonyl (C=O) groups excluding carboxylic acids is 1. The molecule has 0 bridgehead atoms. The maximum atomic E-state index is 12.8. The van der Waals surface area contributed by atoms with Gasteiger partial charge in [-0.3, -0.25) is 14.2 Å². The third-order valence-corrected chi connectivity index (χ3v) is 5.29. The first-order valence-corrected chi connectivity index (χ1v) is 11.0. The number of nitrogens with one attached hydrogen (secondary N) is 1. The quantitative estimate of drug-likeness (QED) is 0.393. The van der Waals surface area contributed by atoms with Gasteiger partial charge in [-0.2, -0.15) is 14.8 Å². The fraction of sp³-hybridized carbons (Fsp3) is 0.217. The molecule has 0 atom stereocenters. The maximum Gasteiger partial charge on any atom is 0.352 e. The summed E-state index contributed by atoms with van der Waals surface area (Å²) in [5, 5.41) is 11.2. The number of aryl methyl sites for hydroxylation is 1. The van der Waals surface area contributed by atoms with Gasteiger partial charge in [0.15, 0.2) is 5.69 Å². The molecule has 0 aliphatic rings. The molecule has 0 saturated carbocycles. The van der Waals surface area contributed by atoms with Crippen molar-refractivity contribution in [1.82, 2.24) is 24.5 Å². The van der Waals surface area contributed by atoms with Gasteiger partial charge < -0.3 is 14.6 Å². The van der Waals surface area contributed by atoms with Gasteiger partial charge in [0.1, 0.15) is 5.75 Å². The Labute approximate surface area is 203 Å². The van der Waals surface area contributed by atoms with Gasteiger partial charge in [0.25, 0.3) is 5.56 Å². The van der Waals surface area contributed by atoms with E-state index in [1.807, 2.05) is 0 Å². The van der Waals surface area contributed by atoms with Crippen LogP contribution < -0.4 is 21.3 Å². The summed E-state index contributed by atoms with van der Waals surface area (Å²) >= 11 is 5.99. The Morgan fingerprint density at radius 3 is 2.66 bits per heavy atom. The van der Waals surface area contributed by atoms with E-state index in [2.05, 4.69) is 20.6 Å². The van der Waals surface area contributed by atoms with E-state index in [1.165, 1.54) is 7.11 Å². The average Bonchev–Trinajstić information content (AvgIpc) is 3.33. The van der Waals surface area contributed by atoms with Crippen LogP contribution in [0.2, 0.25) is 5.02 Å². The van der Waals surface area contributed by atoms with Gasteiger partial charge in [0.2, 0.25) is 17.6 Å². The van der Waals surface area contributed by atoms with Crippen LogP contribution in [0.3, 0.4) is 0 Å². The van der Waals surface area contributed by atoms with Crippen LogP contribution in [0.15, 0.2) is 62.6 Å². The lowest BCUT2D eigenvalue weighted by molar-refractivity contribution is -0.116. The number of halogens is 1. The van der Waals surface area contributed by atoms with E-state index in [4.69, 9.17) is 20.9 Å². The molecule has 4 aromatic rings. The first-order valence-electron chi connectivity index (χ1n) is 10.7. The molecular weight excluding hydrogens is 476 g/mol. The molecule has 0 saturated heterocycles. The van der Waals surface area contributed by atoms with E-state index in [0.29, 0.717) is 22.1 Å². The summed E-state index contributed by atoms with van der Waals surface area (Å²) in [5.41, 5.74) is -0.438. The third-order valence-electron chi connectivity index (χ3n) is 5.06. The average molecular weight is 497 g/mol. The topological polar surface area (TPSA) is 134 Å². The molecule has 0 aliphatic heterocycles. The molecule has 4 rings (SSSR count). The van der Waals surface area contributed by atoms with E-state index >= 15 is 0 Å². The second-order valence-electron chi connectivity index (χ2n) is 7.33. The monoisotopic (exact) mass is 496 g/mol. The number of amides is 1. The smallest absolute Gasteiger partial charge is 0.352 e. The lowest BCUT2D eigenvalue weighted by atomic mass is 10.2. The fourth-order valence-corrected chi connectivity index (χ4v) is 3.51. The molecule has 1 N–H and O–H groups in total. The molecule has 0 aliphatic carbocycles. The molecule has 0 radical (unpaired) electrons. The van der Waals surface area contributed by atoms with Crippen LogP contribution in [-0.2, 0) is 17.8 Å². The number of nitrogens with zero attached hydrogens (tertiary/aromatic N) is 5. The van der Waals surface area contributed by atoms with Crippen LogP contribution in [0.4, 0.5) is 5.69 Å². The summed E-state index contributed by atoms with van der Waals surface area (Å²) in [7, 11) is 1.49. The minimum atomic E-state index is -0.636. The summed E-state index contributed by atoms with van der Waals surface area (Å²) in [6.45, 7) is 1.81. The zero-order valence-corrected chi connectivity index (χ0v) is 19.7. The number of hydrogen-bond donors (Lipinski definition) is 1. The molecule has 1 amide bonds.